The van der Waals surface area contributed by atoms with Gasteiger partial charge in [-0.3, -0.25) is 0 Å². The van der Waals surface area contributed by atoms with E-state index in [0.29, 0.717) is 0 Å². The van der Waals surface area contributed by atoms with E-state index in [2.05, 4.69) is 0 Å². The summed E-state index contributed by atoms with van der Waals surface area (Å²) in [7, 11) is 0. The van der Waals surface area contributed by atoms with E-state index >= 15 is 0 Å². The zero-order valence-electron chi connectivity index (χ0n) is 2.39. The summed E-state index contributed by atoms with van der Waals surface area (Å²) >= 11 is 0. The number of nitrogens with zero attached hydrogens (tertiary/aromatic N) is 1. The van der Waals surface area contributed by atoms with Crippen LogP contribution in [0, 0.1) is 0 Å². The Bertz CT molecular complexity index is 6.00. The van der Waals surface area contributed by atoms with Crippen LogP contribution in [0.15, 0.2) is 0 Å². The van der Waals surface area contributed by atoms with Crippen molar-refractivity contribution in [2.45, 2.75) is 0 Å². The first-order chi connectivity index (χ1) is 1.00. The molecule has 0 saturated carbocycles. The Balaban J connectivity index is -0.00000000500. The largest absolute Gasteiger partial charge is 1.00 e. The molecule has 0 fully saturated rings. The third kappa shape index (κ3) is 23.7. The van der Waals surface area contributed by atoms with Gasteiger partial charge < -0.3 is 16.6 Å². The number of hydrogen-bond acceptors (Lipinski definition) is 1. The molecule has 0 aliphatic heterocycles. The topological polar surface area (TPSA) is 74.0 Å². The fourth-order valence-electron chi connectivity index (χ4n) is 0. The number of hydrogen-bond donors (Lipinski definition) is 1. The first-order valence-corrected chi connectivity index (χ1v) is 0.200. The quantitative estimate of drug-likeness (QED) is 0.226. The van der Waals surface area contributed by atoms with Gasteiger partial charge in [-0.15, -0.1) is 0 Å². The van der Waals surface area contributed by atoms with Gasteiger partial charge in [0.2, 0.25) is 0 Å². The Morgan fingerprint density at radius 1 is 1.25 bits per heavy atom. The zero-order chi connectivity index (χ0) is 2.00. The molecule has 0 atom stereocenters. The maximum Gasteiger partial charge on any atom is 1.00 e. The van der Waals surface area contributed by atoms with Crippen LogP contribution in [0.2, 0.25) is 0 Å². The standard InChI is InChI=1S/Li.HNO.H2O/c;1-2;/h;2H;1H2/q+1;-1;. The Morgan fingerprint density at radius 2 is 1.25 bits per heavy atom. The molecule has 0 amide bonds. The molecule has 4 heteroatoms. The molecular formula is H3LiNO2. The average Bonchev–Trinajstić information content (AvgIpc) is 1.00. The minimum absolute atomic E-state index is 0. The minimum Gasteiger partial charge on any atom is -0.661 e. The fourth-order valence-corrected chi connectivity index (χ4v) is 0. The van der Waals surface area contributed by atoms with Crippen molar-refractivity contribution in [2.24, 2.45) is 0 Å². The Kier molecular flexibility index (Phi) is 581. The van der Waals surface area contributed by atoms with Gasteiger partial charge in [0.05, 0.1) is 0 Å². The van der Waals surface area contributed by atoms with Crippen LogP contribution in [-0.2, 0) is 0 Å². The maximum atomic E-state index is 6.00. The smallest absolute Gasteiger partial charge is 0.661 e. The molecule has 0 saturated heterocycles. The summed E-state index contributed by atoms with van der Waals surface area (Å²) in [6, 6.07) is 0. The molecule has 21 valence electrons. The molecule has 3 N–H and O–H groups in total. The molecule has 0 heterocycles. The average molecular weight is 56.0 g/mol. The first-order valence-electron chi connectivity index (χ1n) is 0.200. The molecule has 0 aromatic rings. The minimum atomic E-state index is 0. The van der Waals surface area contributed by atoms with E-state index in [1.54, 1.807) is 0 Å². The molecule has 4 heavy (non-hydrogen) atoms. The van der Waals surface area contributed by atoms with Crippen molar-refractivity contribution in [3.8, 4) is 0 Å². The molecule has 0 unspecified atom stereocenters. The summed E-state index contributed by atoms with van der Waals surface area (Å²) in [5.41, 5.74) is 0. The molecule has 1 radical (unpaired) electrons. The monoisotopic (exact) mass is 56.0 g/mol. The second-order valence-electron chi connectivity index (χ2n) is 0. The molecule has 0 aromatic carbocycles. The first kappa shape index (κ1) is 24.8. The van der Waals surface area contributed by atoms with Gasteiger partial charge in [0.15, 0.2) is 0 Å². The Hall–Kier alpha value is 0.477. The van der Waals surface area contributed by atoms with E-state index in [1.165, 1.54) is 0 Å². The van der Waals surface area contributed by atoms with Gasteiger partial charge in [0.1, 0.15) is 0 Å². The van der Waals surface area contributed by atoms with Crippen LogP contribution in [0.3, 0.4) is 0 Å². The summed E-state index contributed by atoms with van der Waals surface area (Å²) in [6.45, 7) is 0. The third-order valence-electron chi connectivity index (χ3n) is 0. The van der Waals surface area contributed by atoms with E-state index in [4.69, 9.17) is 11.1 Å². The van der Waals surface area contributed by atoms with Crippen LogP contribution >= 0.6 is 0 Å². The van der Waals surface area contributed by atoms with Crippen molar-refractivity contribution in [1.82, 2.24) is 0 Å². The van der Waals surface area contributed by atoms with Crippen LogP contribution in [0.25, 0.3) is 5.90 Å². The molecular weight excluding hydrogens is 52.9 g/mol. The van der Waals surface area contributed by atoms with Crippen LogP contribution < -0.4 is 18.9 Å². The summed E-state index contributed by atoms with van der Waals surface area (Å²) in [4.78, 5) is 0. The van der Waals surface area contributed by atoms with Gasteiger partial charge in [0.25, 0.3) is 0 Å². The van der Waals surface area contributed by atoms with Gasteiger partial charge >= 0.3 is 18.9 Å². The Morgan fingerprint density at radius 3 is 1.25 bits per heavy atom. The summed E-state index contributed by atoms with van der Waals surface area (Å²) in [5.74, 6) is 6.00. The van der Waals surface area contributed by atoms with Crippen LogP contribution in [-0.4, -0.2) is 10.7 Å². The Labute approximate surface area is 36.2 Å². The fraction of sp³-hybridized carbons (Fsp3) is 0. The van der Waals surface area contributed by atoms with E-state index in [9.17, 15) is 0 Å². The molecule has 0 aromatic heterocycles. The van der Waals surface area contributed by atoms with Crippen LogP contribution in [0.5, 0.6) is 0 Å². The van der Waals surface area contributed by atoms with Gasteiger partial charge in [-0.25, -0.2) is 0 Å². The molecule has 3 nitrogen and oxygen atoms in total. The van der Waals surface area contributed by atoms with Crippen molar-refractivity contribution in [2.75, 3.05) is 0 Å². The van der Waals surface area contributed by atoms with E-state index < -0.39 is 0 Å². The third-order valence-corrected chi connectivity index (χ3v) is 0. The van der Waals surface area contributed by atoms with E-state index in [0.717, 1.165) is 0 Å². The second-order valence-corrected chi connectivity index (χ2v) is 0. The van der Waals surface area contributed by atoms with E-state index in [1.807, 2.05) is 0 Å². The molecule has 0 aliphatic rings. The van der Waals surface area contributed by atoms with Crippen molar-refractivity contribution >= 4 is 0 Å². The summed E-state index contributed by atoms with van der Waals surface area (Å²) in [6.07, 6.45) is 0. The second kappa shape index (κ2) is 93.6. The predicted molar refractivity (Wildman–Crippen MR) is 8.76 cm³/mol. The van der Waals surface area contributed by atoms with Gasteiger partial charge in [-0.1, -0.05) is 0 Å². The van der Waals surface area contributed by atoms with Gasteiger partial charge in [-0.2, -0.15) is 0 Å². The van der Waals surface area contributed by atoms with Crippen molar-refractivity contribution < 1.29 is 29.5 Å². The van der Waals surface area contributed by atoms with Gasteiger partial charge in [-0.05, 0) is 0 Å². The SMILES string of the molecule is O.[Li+].[N-]O. The molecule has 0 spiro atoms. The predicted octanol–water partition coefficient (Wildman–Crippen LogP) is -3.61. The molecule has 0 aliphatic carbocycles. The summed E-state index contributed by atoms with van der Waals surface area (Å²) in [5, 5.41) is 6.00. The van der Waals surface area contributed by atoms with Crippen LogP contribution in [0.4, 0.5) is 0 Å². The van der Waals surface area contributed by atoms with Gasteiger partial charge in [0, 0.05) is 0 Å². The molecule has 0 rings (SSSR count). The normalized spacial score (nSPS) is 1.50. The van der Waals surface area contributed by atoms with Crippen molar-refractivity contribution in [1.29, 1.82) is 0 Å². The zero-order valence-corrected chi connectivity index (χ0v) is 2.39. The van der Waals surface area contributed by atoms with Crippen molar-refractivity contribution in [3.05, 3.63) is 5.90 Å². The van der Waals surface area contributed by atoms with Crippen LogP contribution in [0.1, 0.15) is 0 Å². The number of rotatable bonds is 0. The summed E-state index contributed by atoms with van der Waals surface area (Å²) < 4.78 is 0. The van der Waals surface area contributed by atoms with E-state index in [-0.39, 0.29) is 24.3 Å². The maximum absolute atomic E-state index is 6.00. The molecule has 0 bridgehead atoms. The van der Waals surface area contributed by atoms with Crippen molar-refractivity contribution in [3.63, 3.8) is 0 Å².